The summed E-state index contributed by atoms with van der Waals surface area (Å²) in [5.41, 5.74) is -0.602. The summed E-state index contributed by atoms with van der Waals surface area (Å²) in [5.74, 6) is -1.03. The standard InChI is InChI=1S/C12H15F2NO3/c1-2-17-12(16)9-8(10(13)14)15-11(18-9)7-5-3-4-6-7/h7,10H,2-6H2,1H3. The van der Waals surface area contributed by atoms with E-state index in [-0.39, 0.29) is 18.4 Å². The van der Waals surface area contributed by atoms with Crippen molar-refractivity contribution in [3.8, 4) is 0 Å². The second kappa shape index (κ2) is 5.46. The number of carbonyl (C=O) groups is 1. The highest BCUT2D eigenvalue weighted by Crippen LogP contribution is 2.36. The van der Waals surface area contributed by atoms with Gasteiger partial charge >= 0.3 is 5.97 Å². The molecule has 0 aromatic carbocycles. The lowest BCUT2D eigenvalue weighted by Gasteiger charge is -2.01. The van der Waals surface area contributed by atoms with Crippen LogP contribution in [-0.4, -0.2) is 17.6 Å². The summed E-state index contributed by atoms with van der Waals surface area (Å²) in [7, 11) is 0. The van der Waals surface area contributed by atoms with Gasteiger partial charge < -0.3 is 9.15 Å². The Morgan fingerprint density at radius 1 is 1.50 bits per heavy atom. The highest BCUT2D eigenvalue weighted by atomic mass is 19.3. The van der Waals surface area contributed by atoms with Crippen LogP contribution in [0.5, 0.6) is 0 Å². The van der Waals surface area contributed by atoms with E-state index >= 15 is 0 Å². The number of hydrogen-bond donors (Lipinski definition) is 0. The second-order valence-corrected chi connectivity index (χ2v) is 4.27. The van der Waals surface area contributed by atoms with Gasteiger partial charge in [-0.15, -0.1) is 0 Å². The molecule has 1 aliphatic carbocycles. The summed E-state index contributed by atoms with van der Waals surface area (Å²) in [4.78, 5) is 15.3. The Kier molecular flexibility index (Phi) is 3.93. The number of ether oxygens (including phenoxy) is 1. The van der Waals surface area contributed by atoms with Crippen molar-refractivity contribution in [3.05, 3.63) is 17.3 Å². The van der Waals surface area contributed by atoms with Gasteiger partial charge in [0.15, 0.2) is 11.6 Å². The van der Waals surface area contributed by atoms with Crippen LogP contribution in [0.15, 0.2) is 4.42 Å². The Morgan fingerprint density at radius 3 is 2.72 bits per heavy atom. The SMILES string of the molecule is CCOC(=O)c1oc(C2CCCC2)nc1C(F)F. The van der Waals surface area contributed by atoms with Crippen LogP contribution in [0.3, 0.4) is 0 Å². The van der Waals surface area contributed by atoms with Gasteiger partial charge in [-0.05, 0) is 19.8 Å². The fraction of sp³-hybridized carbons (Fsp3) is 0.667. The van der Waals surface area contributed by atoms with Gasteiger partial charge in [-0.1, -0.05) is 12.8 Å². The normalized spacial score (nSPS) is 16.4. The van der Waals surface area contributed by atoms with E-state index in [4.69, 9.17) is 4.42 Å². The molecule has 100 valence electrons. The lowest BCUT2D eigenvalue weighted by atomic mass is 10.1. The zero-order valence-corrected chi connectivity index (χ0v) is 10.1. The van der Waals surface area contributed by atoms with Crippen molar-refractivity contribution in [1.29, 1.82) is 0 Å². The van der Waals surface area contributed by atoms with Crippen molar-refractivity contribution in [1.82, 2.24) is 4.98 Å². The predicted molar refractivity (Wildman–Crippen MR) is 58.6 cm³/mol. The molecule has 0 amide bonds. The van der Waals surface area contributed by atoms with E-state index in [1.165, 1.54) is 0 Å². The highest BCUT2D eigenvalue weighted by molar-refractivity contribution is 5.87. The molecule has 1 saturated carbocycles. The number of rotatable bonds is 4. The summed E-state index contributed by atoms with van der Waals surface area (Å²) < 4.78 is 35.5. The van der Waals surface area contributed by atoms with E-state index in [9.17, 15) is 13.6 Å². The minimum Gasteiger partial charge on any atom is -0.460 e. The lowest BCUT2D eigenvalue weighted by molar-refractivity contribution is 0.0473. The van der Waals surface area contributed by atoms with Gasteiger partial charge in [-0.25, -0.2) is 18.6 Å². The third-order valence-electron chi connectivity index (χ3n) is 3.04. The first-order chi connectivity index (χ1) is 8.63. The van der Waals surface area contributed by atoms with Gasteiger partial charge in [0.2, 0.25) is 5.76 Å². The molecular weight excluding hydrogens is 244 g/mol. The highest BCUT2D eigenvalue weighted by Gasteiger charge is 2.31. The zero-order valence-electron chi connectivity index (χ0n) is 10.1. The molecule has 1 fully saturated rings. The number of alkyl halides is 2. The first-order valence-electron chi connectivity index (χ1n) is 6.09. The van der Waals surface area contributed by atoms with Crippen LogP contribution in [0.4, 0.5) is 8.78 Å². The van der Waals surface area contributed by atoms with E-state index in [1.54, 1.807) is 6.92 Å². The molecule has 0 atom stereocenters. The third kappa shape index (κ3) is 2.52. The Hall–Kier alpha value is -1.46. The van der Waals surface area contributed by atoms with E-state index in [2.05, 4.69) is 9.72 Å². The van der Waals surface area contributed by atoms with Crippen molar-refractivity contribution in [3.63, 3.8) is 0 Å². The Bertz CT molecular complexity index is 425. The maximum Gasteiger partial charge on any atom is 0.376 e. The number of halogens is 2. The number of nitrogens with zero attached hydrogens (tertiary/aromatic N) is 1. The molecular formula is C12H15F2NO3. The number of carbonyl (C=O) groups excluding carboxylic acids is 1. The van der Waals surface area contributed by atoms with Crippen LogP contribution in [0, 0.1) is 0 Å². The van der Waals surface area contributed by atoms with Crippen molar-refractivity contribution >= 4 is 5.97 Å². The van der Waals surface area contributed by atoms with Gasteiger partial charge in [-0.2, -0.15) is 0 Å². The average molecular weight is 259 g/mol. The van der Waals surface area contributed by atoms with Crippen molar-refractivity contribution in [2.75, 3.05) is 6.61 Å². The van der Waals surface area contributed by atoms with E-state index in [1.807, 2.05) is 0 Å². The van der Waals surface area contributed by atoms with Crippen LogP contribution in [-0.2, 0) is 4.74 Å². The summed E-state index contributed by atoms with van der Waals surface area (Å²) in [6, 6.07) is 0. The molecule has 18 heavy (non-hydrogen) atoms. The Balaban J connectivity index is 2.28. The van der Waals surface area contributed by atoms with Gasteiger partial charge in [0.1, 0.15) is 0 Å². The van der Waals surface area contributed by atoms with Crippen LogP contribution in [0.1, 0.15) is 67.1 Å². The van der Waals surface area contributed by atoms with Crippen LogP contribution in [0.25, 0.3) is 0 Å². The van der Waals surface area contributed by atoms with E-state index in [0.717, 1.165) is 25.7 Å². The minimum atomic E-state index is -2.83. The summed E-state index contributed by atoms with van der Waals surface area (Å²) >= 11 is 0. The molecule has 0 radical (unpaired) electrons. The second-order valence-electron chi connectivity index (χ2n) is 4.27. The van der Waals surface area contributed by atoms with Gasteiger partial charge in [0.05, 0.1) is 6.61 Å². The molecule has 1 aromatic rings. The van der Waals surface area contributed by atoms with Crippen LogP contribution in [0.2, 0.25) is 0 Å². The smallest absolute Gasteiger partial charge is 0.376 e. The molecule has 0 bridgehead atoms. The van der Waals surface area contributed by atoms with E-state index < -0.39 is 23.8 Å². The minimum absolute atomic E-state index is 0.0469. The first kappa shape index (κ1) is 13.0. The third-order valence-corrected chi connectivity index (χ3v) is 3.04. The summed E-state index contributed by atoms with van der Waals surface area (Å²) in [6.07, 6.45) is 0.970. The quantitative estimate of drug-likeness (QED) is 0.777. The summed E-state index contributed by atoms with van der Waals surface area (Å²) in [5, 5.41) is 0. The fourth-order valence-electron chi connectivity index (χ4n) is 2.19. The lowest BCUT2D eigenvalue weighted by Crippen LogP contribution is -2.06. The molecule has 0 spiro atoms. The first-order valence-corrected chi connectivity index (χ1v) is 6.09. The van der Waals surface area contributed by atoms with Gasteiger partial charge in [0.25, 0.3) is 6.43 Å². The molecule has 6 heteroatoms. The van der Waals surface area contributed by atoms with Crippen molar-refractivity contribution in [2.45, 2.75) is 45.0 Å². The van der Waals surface area contributed by atoms with Gasteiger partial charge in [-0.3, -0.25) is 0 Å². The predicted octanol–water partition coefficient (Wildman–Crippen LogP) is 3.45. The molecule has 1 aromatic heterocycles. The molecule has 0 aliphatic heterocycles. The number of oxazole rings is 1. The molecule has 2 rings (SSSR count). The molecule has 0 saturated heterocycles. The van der Waals surface area contributed by atoms with Crippen molar-refractivity contribution < 1.29 is 22.7 Å². The molecule has 1 heterocycles. The number of hydrogen-bond acceptors (Lipinski definition) is 4. The molecule has 4 nitrogen and oxygen atoms in total. The number of aromatic nitrogens is 1. The molecule has 0 N–H and O–H groups in total. The summed E-state index contributed by atoms with van der Waals surface area (Å²) in [6.45, 7) is 1.72. The maximum atomic E-state index is 12.8. The zero-order chi connectivity index (χ0) is 13.1. The largest absolute Gasteiger partial charge is 0.460 e. The average Bonchev–Trinajstić information content (AvgIpc) is 2.98. The van der Waals surface area contributed by atoms with Gasteiger partial charge in [0, 0.05) is 5.92 Å². The maximum absolute atomic E-state index is 12.8. The topological polar surface area (TPSA) is 52.3 Å². The molecule has 1 aliphatic rings. The number of esters is 1. The van der Waals surface area contributed by atoms with E-state index in [0.29, 0.717) is 0 Å². The van der Waals surface area contributed by atoms with Crippen LogP contribution < -0.4 is 0 Å². The van der Waals surface area contributed by atoms with Crippen LogP contribution >= 0.6 is 0 Å². The molecule has 0 unspecified atom stereocenters. The monoisotopic (exact) mass is 259 g/mol. The van der Waals surface area contributed by atoms with Crippen molar-refractivity contribution in [2.24, 2.45) is 0 Å². The Labute approximate surface area is 103 Å². The Morgan fingerprint density at radius 2 is 2.17 bits per heavy atom. The fourth-order valence-corrected chi connectivity index (χ4v) is 2.19.